The summed E-state index contributed by atoms with van der Waals surface area (Å²) in [5.41, 5.74) is 1.39. The van der Waals surface area contributed by atoms with Gasteiger partial charge in [0.05, 0.1) is 6.26 Å². The fraction of sp³-hybridized carbons (Fsp3) is 0.280. The van der Waals surface area contributed by atoms with Gasteiger partial charge in [0.15, 0.2) is 5.76 Å². The highest BCUT2D eigenvalue weighted by Crippen LogP contribution is 2.31. The Balaban J connectivity index is 1.81. The smallest absolute Gasteiger partial charge is 0.294 e. The lowest BCUT2D eigenvalue weighted by Crippen LogP contribution is -2.46. The molecule has 1 aromatic heterocycles. The van der Waals surface area contributed by atoms with Crippen LogP contribution in [0.3, 0.4) is 0 Å². The van der Waals surface area contributed by atoms with Gasteiger partial charge in [-0.25, -0.2) is 4.39 Å². The molecule has 2 amide bonds. The first-order valence-corrected chi connectivity index (χ1v) is 10.5. The Morgan fingerprint density at radius 1 is 1.06 bits per heavy atom. The second-order valence-electron chi connectivity index (χ2n) is 7.89. The quantitative estimate of drug-likeness (QED) is 0.598. The summed E-state index contributed by atoms with van der Waals surface area (Å²) in [4.78, 5) is 28.3. The Kier molecular flexibility index (Phi) is 6.16. The van der Waals surface area contributed by atoms with Crippen LogP contribution >= 0.6 is 0 Å². The molecule has 0 unspecified atom stereocenters. The fourth-order valence-electron chi connectivity index (χ4n) is 4.04. The molecule has 1 fully saturated rings. The zero-order chi connectivity index (χ0) is 21.8. The van der Waals surface area contributed by atoms with Crippen molar-refractivity contribution in [3.8, 4) is 0 Å². The van der Waals surface area contributed by atoms with Crippen LogP contribution in [0, 0.1) is 12.7 Å². The number of furan rings is 1. The van der Waals surface area contributed by atoms with Crippen molar-refractivity contribution in [1.29, 1.82) is 0 Å². The van der Waals surface area contributed by atoms with Crippen molar-refractivity contribution in [2.24, 2.45) is 0 Å². The van der Waals surface area contributed by atoms with E-state index in [-0.39, 0.29) is 17.7 Å². The lowest BCUT2D eigenvalue weighted by molar-refractivity contribution is -0.123. The Labute approximate surface area is 180 Å². The first-order valence-electron chi connectivity index (χ1n) is 10.5. The summed E-state index contributed by atoms with van der Waals surface area (Å²) in [5.74, 6) is -1.17. The van der Waals surface area contributed by atoms with Crippen molar-refractivity contribution in [3.05, 3.63) is 89.6 Å². The predicted octanol–water partition coefficient (Wildman–Crippen LogP) is 5.17. The van der Waals surface area contributed by atoms with Crippen LogP contribution < -0.4 is 10.2 Å². The number of amides is 2. The summed E-state index contributed by atoms with van der Waals surface area (Å²) < 4.78 is 19.8. The summed E-state index contributed by atoms with van der Waals surface area (Å²) in [6.07, 6.45) is 5.37. The molecular weight excluding hydrogens is 395 g/mol. The maximum absolute atomic E-state index is 14.5. The molecular formula is C25H25FN2O3. The van der Waals surface area contributed by atoms with Gasteiger partial charge in [0.1, 0.15) is 11.9 Å². The molecule has 4 rings (SSSR count). The van der Waals surface area contributed by atoms with E-state index >= 15 is 0 Å². The summed E-state index contributed by atoms with van der Waals surface area (Å²) in [7, 11) is 0. The van der Waals surface area contributed by atoms with E-state index in [2.05, 4.69) is 5.32 Å². The van der Waals surface area contributed by atoms with Crippen LogP contribution in [0.2, 0.25) is 0 Å². The number of aryl methyl sites for hydroxylation is 1. The number of carbonyl (C=O) groups is 2. The Hall–Kier alpha value is -3.41. The van der Waals surface area contributed by atoms with Gasteiger partial charge in [0.25, 0.3) is 5.91 Å². The summed E-state index contributed by atoms with van der Waals surface area (Å²) in [6, 6.07) is 15.9. The van der Waals surface area contributed by atoms with Crippen LogP contribution in [0.25, 0.3) is 0 Å². The number of carbonyl (C=O) groups excluding carboxylic acids is 2. The molecule has 0 radical (unpaired) electrons. The van der Waals surface area contributed by atoms with Gasteiger partial charge in [-0.15, -0.1) is 0 Å². The number of hydrogen-bond donors (Lipinski definition) is 1. The molecule has 0 spiro atoms. The molecule has 31 heavy (non-hydrogen) atoms. The Morgan fingerprint density at radius 3 is 2.45 bits per heavy atom. The number of halogens is 1. The van der Waals surface area contributed by atoms with E-state index in [1.807, 2.05) is 18.2 Å². The Morgan fingerprint density at radius 2 is 1.81 bits per heavy atom. The van der Waals surface area contributed by atoms with Gasteiger partial charge in [-0.3, -0.25) is 14.5 Å². The molecule has 160 valence electrons. The van der Waals surface area contributed by atoms with Crippen LogP contribution in [0.15, 0.2) is 71.3 Å². The van der Waals surface area contributed by atoms with Gasteiger partial charge in [-0.2, -0.15) is 0 Å². The molecule has 0 bridgehead atoms. The normalized spacial score (nSPS) is 14.9. The molecule has 6 heteroatoms. The second-order valence-corrected chi connectivity index (χ2v) is 7.89. The second kappa shape index (κ2) is 9.16. The lowest BCUT2D eigenvalue weighted by Gasteiger charge is -2.32. The molecule has 1 saturated carbocycles. The van der Waals surface area contributed by atoms with E-state index < -0.39 is 17.8 Å². The third-order valence-electron chi connectivity index (χ3n) is 5.71. The molecule has 1 N–H and O–H groups in total. The molecule has 3 aromatic rings. The molecule has 1 atom stereocenters. The standard InChI is InChI=1S/C25H25FN2O3/c1-17-13-14-20(16-21(17)26)28(25(30)22-12-7-15-31-22)23(18-8-3-2-4-9-18)24(29)27-19-10-5-6-11-19/h2-4,7-9,12-16,19,23H,5-6,10-11H2,1H3,(H,27,29)/t23-/m0/s1. The highest BCUT2D eigenvalue weighted by molar-refractivity contribution is 6.08. The third-order valence-corrected chi connectivity index (χ3v) is 5.71. The molecule has 0 saturated heterocycles. The van der Waals surface area contributed by atoms with Crippen LogP contribution in [0.1, 0.15) is 53.4 Å². The number of hydrogen-bond acceptors (Lipinski definition) is 3. The highest BCUT2D eigenvalue weighted by Gasteiger charge is 2.35. The molecule has 0 aliphatic heterocycles. The van der Waals surface area contributed by atoms with Crippen LogP contribution in [-0.4, -0.2) is 17.9 Å². The van der Waals surface area contributed by atoms with E-state index in [0.717, 1.165) is 25.7 Å². The summed E-state index contributed by atoms with van der Waals surface area (Å²) in [6.45, 7) is 1.65. The molecule has 1 aliphatic carbocycles. The monoisotopic (exact) mass is 420 g/mol. The van der Waals surface area contributed by atoms with Crippen molar-refractivity contribution in [2.45, 2.75) is 44.7 Å². The molecule has 1 aliphatic rings. The van der Waals surface area contributed by atoms with Crippen molar-refractivity contribution in [2.75, 3.05) is 4.90 Å². The predicted molar refractivity (Wildman–Crippen MR) is 116 cm³/mol. The number of nitrogens with one attached hydrogen (secondary N) is 1. The van der Waals surface area contributed by atoms with E-state index in [9.17, 15) is 14.0 Å². The lowest BCUT2D eigenvalue weighted by atomic mass is 10.0. The minimum Gasteiger partial charge on any atom is -0.459 e. The summed E-state index contributed by atoms with van der Waals surface area (Å²) >= 11 is 0. The van der Waals surface area contributed by atoms with Crippen molar-refractivity contribution >= 4 is 17.5 Å². The van der Waals surface area contributed by atoms with Crippen molar-refractivity contribution < 1.29 is 18.4 Å². The van der Waals surface area contributed by atoms with Crippen LogP contribution in [0.4, 0.5) is 10.1 Å². The topological polar surface area (TPSA) is 62.6 Å². The third kappa shape index (κ3) is 4.53. The van der Waals surface area contributed by atoms with Crippen molar-refractivity contribution in [1.82, 2.24) is 5.32 Å². The largest absolute Gasteiger partial charge is 0.459 e. The average molecular weight is 420 g/mol. The van der Waals surface area contributed by atoms with Gasteiger partial charge >= 0.3 is 0 Å². The summed E-state index contributed by atoms with van der Waals surface area (Å²) in [5, 5.41) is 3.10. The molecule has 5 nitrogen and oxygen atoms in total. The minimum atomic E-state index is -0.971. The van der Waals surface area contributed by atoms with Crippen molar-refractivity contribution in [3.63, 3.8) is 0 Å². The first-order chi connectivity index (χ1) is 15.0. The van der Waals surface area contributed by atoms with Gasteiger partial charge < -0.3 is 9.73 Å². The number of nitrogens with zero attached hydrogens (tertiary/aromatic N) is 1. The SMILES string of the molecule is Cc1ccc(N(C(=O)c2ccco2)[C@H](C(=O)NC2CCCC2)c2ccccc2)cc1F. The number of rotatable bonds is 6. The Bertz CT molecular complexity index is 1040. The maximum Gasteiger partial charge on any atom is 0.294 e. The van der Waals surface area contributed by atoms with Gasteiger partial charge in [0.2, 0.25) is 5.91 Å². The van der Waals surface area contributed by atoms with E-state index in [4.69, 9.17) is 4.42 Å². The zero-order valence-electron chi connectivity index (χ0n) is 17.4. The zero-order valence-corrected chi connectivity index (χ0v) is 17.4. The van der Waals surface area contributed by atoms with Crippen LogP contribution in [0.5, 0.6) is 0 Å². The van der Waals surface area contributed by atoms with Gasteiger partial charge in [-0.1, -0.05) is 49.2 Å². The van der Waals surface area contributed by atoms with E-state index in [1.165, 1.54) is 23.3 Å². The number of anilines is 1. The molecule has 2 aromatic carbocycles. The fourth-order valence-corrected chi connectivity index (χ4v) is 4.04. The van der Waals surface area contributed by atoms with Gasteiger partial charge in [0, 0.05) is 11.7 Å². The maximum atomic E-state index is 14.5. The van der Waals surface area contributed by atoms with Gasteiger partial charge in [-0.05, 0) is 55.2 Å². The van der Waals surface area contributed by atoms with E-state index in [1.54, 1.807) is 37.3 Å². The minimum absolute atomic E-state index is 0.0778. The van der Waals surface area contributed by atoms with E-state index in [0.29, 0.717) is 16.8 Å². The first kappa shape index (κ1) is 20.8. The van der Waals surface area contributed by atoms with Crippen LogP contribution in [-0.2, 0) is 4.79 Å². The average Bonchev–Trinajstić information content (AvgIpc) is 3.48. The number of benzene rings is 2. The molecule has 1 heterocycles. The highest BCUT2D eigenvalue weighted by atomic mass is 19.1.